The molecule has 1 rings (SSSR count). The van der Waals surface area contributed by atoms with Gasteiger partial charge in [0, 0.05) is 6.07 Å². The third-order valence-corrected chi connectivity index (χ3v) is 2.42. The zero-order valence-corrected chi connectivity index (χ0v) is 10.6. The van der Waals surface area contributed by atoms with Crippen LogP contribution in [0.3, 0.4) is 0 Å². The zero-order valence-electron chi connectivity index (χ0n) is 9.87. The van der Waals surface area contributed by atoms with Gasteiger partial charge in [-0.05, 0) is 6.92 Å². The third-order valence-electron chi connectivity index (χ3n) is 2.11. The molecule has 0 amide bonds. The minimum Gasteiger partial charge on any atom is -0.481 e. The van der Waals surface area contributed by atoms with Crippen LogP contribution < -0.4 is 4.74 Å². The standard InChI is InChI=1S/C11H12ClF2NO3/c1-3-18-9(16)5-7-10(11(13)14)6(12)4-8(15-7)17-2/h4,11H,3,5H2,1-2H3. The molecule has 18 heavy (non-hydrogen) atoms. The van der Waals surface area contributed by atoms with E-state index in [-0.39, 0.29) is 29.6 Å². The number of hydrogen-bond donors (Lipinski definition) is 0. The molecule has 0 spiro atoms. The number of methoxy groups -OCH3 is 1. The summed E-state index contributed by atoms with van der Waals surface area (Å²) in [5.41, 5.74) is -0.599. The molecule has 0 radical (unpaired) electrons. The molecule has 0 fully saturated rings. The molecule has 1 aromatic rings. The van der Waals surface area contributed by atoms with Crippen molar-refractivity contribution in [1.29, 1.82) is 0 Å². The molecule has 1 aromatic heterocycles. The first-order valence-corrected chi connectivity index (χ1v) is 5.54. The Hall–Kier alpha value is -1.43. The van der Waals surface area contributed by atoms with Crippen LogP contribution in [0.5, 0.6) is 5.88 Å². The van der Waals surface area contributed by atoms with E-state index in [0.29, 0.717) is 0 Å². The minimum absolute atomic E-state index is 0.0729. The Kier molecular flexibility index (Phi) is 5.27. The van der Waals surface area contributed by atoms with E-state index in [2.05, 4.69) is 9.72 Å². The van der Waals surface area contributed by atoms with E-state index in [1.54, 1.807) is 6.92 Å². The molecule has 100 valence electrons. The smallest absolute Gasteiger partial charge is 0.311 e. The number of hydrogen-bond acceptors (Lipinski definition) is 4. The second-order valence-corrected chi connectivity index (χ2v) is 3.70. The summed E-state index contributed by atoms with van der Waals surface area (Å²) in [7, 11) is 1.33. The van der Waals surface area contributed by atoms with Crippen LogP contribution in [-0.4, -0.2) is 24.7 Å². The van der Waals surface area contributed by atoms with Gasteiger partial charge in [0.15, 0.2) is 0 Å². The van der Waals surface area contributed by atoms with Crippen LogP contribution in [0.1, 0.15) is 24.6 Å². The van der Waals surface area contributed by atoms with Crippen molar-refractivity contribution < 1.29 is 23.0 Å². The average Bonchev–Trinajstić information content (AvgIpc) is 2.27. The highest BCUT2D eigenvalue weighted by molar-refractivity contribution is 6.31. The molecule has 0 aromatic carbocycles. The fourth-order valence-electron chi connectivity index (χ4n) is 1.37. The quantitative estimate of drug-likeness (QED) is 0.778. The van der Waals surface area contributed by atoms with Gasteiger partial charge in [0.1, 0.15) is 0 Å². The number of ether oxygens (including phenoxy) is 2. The van der Waals surface area contributed by atoms with Gasteiger partial charge >= 0.3 is 5.97 Å². The first-order valence-electron chi connectivity index (χ1n) is 5.16. The van der Waals surface area contributed by atoms with E-state index >= 15 is 0 Å². The van der Waals surface area contributed by atoms with E-state index in [9.17, 15) is 13.6 Å². The lowest BCUT2D eigenvalue weighted by atomic mass is 10.1. The Morgan fingerprint density at radius 1 is 1.56 bits per heavy atom. The number of carbonyl (C=O) groups excluding carboxylic acids is 1. The van der Waals surface area contributed by atoms with Gasteiger partial charge in [0.2, 0.25) is 5.88 Å². The average molecular weight is 280 g/mol. The van der Waals surface area contributed by atoms with Crippen molar-refractivity contribution in [3.05, 3.63) is 22.3 Å². The molecular weight excluding hydrogens is 268 g/mol. The molecular formula is C11H12ClF2NO3. The number of carbonyl (C=O) groups is 1. The van der Waals surface area contributed by atoms with E-state index in [1.807, 2.05) is 0 Å². The van der Waals surface area contributed by atoms with Crippen molar-refractivity contribution in [1.82, 2.24) is 4.98 Å². The maximum absolute atomic E-state index is 12.8. The van der Waals surface area contributed by atoms with Crippen LogP contribution in [-0.2, 0) is 16.0 Å². The van der Waals surface area contributed by atoms with Gasteiger partial charge in [-0.2, -0.15) is 0 Å². The Morgan fingerprint density at radius 3 is 2.72 bits per heavy atom. The predicted molar refractivity (Wildman–Crippen MR) is 61.1 cm³/mol. The number of aromatic nitrogens is 1. The molecule has 0 aliphatic rings. The van der Waals surface area contributed by atoms with Crippen molar-refractivity contribution in [2.24, 2.45) is 0 Å². The fraction of sp³-hybridized carbons (Fsp3) is 0.455. The number of rotatable bonds is 5. The van der Waals surface area contributed by atoms with Crippen molar-refractivity contribution in [2.45, 2.75) is 19.8 Å². The maximum Gasteiger partial charge on any atom is 0.311 e. The van der Waals surface area contributed by atoms with E-state index in [1.165, 1.54) is 13.2 Å². The number of halogens is 3. The minimum atomic E-state index is -2.82. The van der Waals surface area contributed by atoms with Crippen molar-refractivity contribution in [3.63, 3.8) is 0 Å². The van der Waals surface area contributed by atoms with Gasteiger partial charge in [0.05, 0.1) is 36.4 Å². The molecule has 0 unspecified atom stereocenters. The molecule has 4 nitrogen and oxygen atoms in total. The summed E-state index contributed by atoms with van der Waals surface area (Å²) < 4.78 is 35.2. The Morgan fingerprint density at radius 2 is 2.22 bits per heavy atom. The van der Waals surface area contributed by atoms with Gasteiger partial charge in [-0.15, -0.1) is 0 Å². The summed E-state index contributed by atoms with van der Waals surface area (Å²) in [5.74, 6) is -0.570. The lowest BCUT2D eigenvalue weighted by Crippen LogP contribution is -2.12. The largest absolute Gasteiger partial charge is 0.481 e. The van der Waals surface area contributed by atoms with E-state index < -0.39 is 18.0 Å². The van der Waals surface area contributed by atoms with Gasteiger partial charge in [-0.3, -0.25) is 4.79 Å². The second kappa shape index (κ2) is 6.49. The molecule has 0 atom stereocenters. The monoisotopic (exact) mass is 279 g/mol. The molecule has 7 heteroatoms. The zero-order chi connectivity index (χ0) is 13.7. The normalized spacial score (nSPS) is 10.6. The van der Waals surface area contributed by atoms with Gasteiger partial charge in [0.25, 0.3) is 6.43 Å². The first-order chi connectivity index (χ1) is 8.49. The van der Waals surface area contributed by atoms with Gasteiger partial charge in [-0.1, -0.05) is 11.6 Å². The van der Waals surface area contributed by atoms with Crippen molar-refractivity contribution in [2.75, 3.05) is 13.7 Å². The van der Waals surface area contributed by atoms with Crippen LogP contribution >= 0.6 is 11.6 Å². The topological polar surface area (TPSA) is 48.4 Å². The van der Waals surface area contributed by atoms with Crippen LogP contribution in [0, 0.1) is 0 Å². The molecule has 0 saturated heterocycles. The SMILES string of the molecule is CCOC(=O)Cc1nc(OC)cc(Cl)c1C(F)F. The van der Waals surface area contributed by atoms with E-state index in [0.717, 1.165) is 0 Å². The van der Waals surface area contributed by atoms with Crippen LogP contribution in [0.15, 0.2) is 6.07 Å². The van der Waals surface area contributed by atoms with Gasteiger partial charge in [-0.25, -0.2) is 13.8 Å². The summed E-state index contributed by atoms with van der Waals surface area (Å²) >= 11 is 5.72. The first kappa shape index (κ1) is 14.6. The summed E-state index contributed by atoms with van der Waals surface area (Å²) in [6, 6.07) is 1.18. The lowest BCUT2D eigenvalue weighted by Gasteiger charge is -2.11. The Bertz CT molecular complexity index is 441. The predicted octanol–water partition coefficient (Wildman–Crippen LogP) is 2.79. The summed E-state index contributed by atoms with van der Waals surface area (Å²) in [6.07, 6.45) is -3.19. The number of alkyl halides is 2. The van der Waals surface area contributed by atoms with Crippen LogP contribution in [0.25, 0.3) is 0 Å². The Balaban J connectivity index is 3.13. The highest BCUT2D eigenvalue weighted by atomic mass is 35.5. The van der Waals surface area contributed by atoms with E-state index in [4.69, 9.17) is 16.3 Å². The van der Waals surface area contributed by atoms with Crippen molar-refractivity contribution >= 4 is 17.6 Å². The molecule has 0 aliphatic heterocycles. The summed E-state index contributed by atoms with van der Waals surface area (Å²) in [6.45, 7) is 1.79. The van der Waals surface area contributed by atoms with Crippen LogP contribution in [0.2, 0.25) is 5.02 Å². The lowest BCUT2D eigenvalue weighted by molar-refractivity contribution is -0.142. The number of pyridine rings is 1. The molecule has 0 aliphatic carbocycles. The van der Waals surface area contributed by atoms with Crippen molar-refractivity contribution in [3.8, 4) is 5.88 Å². The molecule has 0 bridgehead atoms. The third kappa shape index (κ3) is 3.53. The Labute approximate surface area is 108 Å². The molecule has 0 N–H and O–H groups in total. The molecule has 1 heterocycles. The highest BCUT2D eigenvalue weighted by Gasteiger charge is 2.22. The number of esters is 1. The van der Waals surface area contributed by atoms with Crippen LogP contribution in [0.4, 0.5) is 8.78 Å². The second-order valence-electron chi connectivity index (χ2n) is 3.29. The summed E-state index contributed by atoms with van der Waals surface area (Å²) in [5, 5.41) is -0.184. The number of nitrogens with zero attached hydrogens (tertiary/aromatic N) is 1. The summed E-state index contributed by atoms with van der Waals surface area (Å²) in [4.78, 5) is 15.1. The van der Waals surface area contributed by atoms with Gasteiger partial charge < -0.3 is 9.47 Å². The fourth-order valence-corrected chi connectivity index (χ4v) is 1.65. The highest BCUT2D eigenvalue weighted by Crippen LogP contribution is 2.32. The molecule has 0 saturated carbocycles. The maximum atomic E-state index is 12.8.